The average Bonchev–Trinajstić information content (AvgIpc) is 2.84. The lowest BCUT2D eigenvalue weighted by Crippen LogP contribution is -2.10. The Labute approximate surface area is 183 Å². The molecule has 0 unspecified atom stereocenters. The Bertz CT molecular complexity index is 949. The highest BCUT2D eigenvalue weighted by atomic mass is 16.6. The summed E-state index contributed by atoms with van der Waals surface area (Å²) in [6, 6.07) is 34.9. The fourth-order valence-electron chi connectivity index (χ4n) is 2.85. The minimum Gasteiger partial charge on any atom is -0.526 e. The van der Waals surface area contributed by atoms with Crippen LogP contribution in [0.15, 0.2) is 109 Å². The van der Waals surface area contributed by atoms with E-state index in [2.05, 4.69) is 0 Å². The molecule has 0 saturated carbocycles. The molecule has 0 heterocycles. The van der Waals surface area contributed by atoms with Crippen LogP contribution >= 0.6 is 0 Å². The summed E-state index contributed by atoms with van der Waals surface area (Å²) >= 11 is 0. The second-order valence-corrected chi connectivity index (χ2v) is 6.82. The van der Waals surface area contributed by atoms with Gasteiger partial charge in [0.15, 0.2) is 0 Å². The van der Waals surface area contributed by atoms with E-state index in [1.54, 1.807) is 0 Å². The molecule has 153 valence electrons. The molecule has 0 spiro atoms. The first-order valence-corrected chi connectivity index (χ1v) is 10.0. The van der Waals surface area contributed by atoms with Crippen molar-refractivity contribution in [3.8, 4) is 23.0 Å². The molecule has 0 atom stereocenters. The molecule has 0 bridgehead atoms. The molecule has 0 aliphatic carbocycles. The maximum absolute atomic E-state index is 5.77. The van der Waals surface area contributed by atoms with Crippen LogP contribution in [-0.2, 0) is 13.2 Å². The van der Waals surface area contributed by atoms with Crippen LogP contribution in [0.25, 0.3) is 0 Å². The maximum atomic E-state index is 5.77. The van der Waals surface area contributed by atoms with Crippen LogP contribution in [0.3, 0.4) is 0 Å². The summed E-state index contributed by atoms with van der Waals surface area (Å²) in [5.74, 6) is 2.89. The number of hydrogen-bond acceptors (Lipinski definition) is 4. The van der Waals surface area contributed by atoms with Gasteiger partial charge in [0.25, 0.3) is 0 Å². The van der Waals surface area contributed by atoms with Gasteiger partial charge in [0, 0.05) is 0 Å². The molecule has 0 aliphatic rings. The molecular weight excluding hydrogens is 387 g/mol. The predicted octanol–water partition coefficient (Wildman–Crippen LogP) is 5.84. The second-order valence-electron chi connectivity index (χ2n) is 6.82. The summed E-state index contributed by atoms with van der Waals surface area (Å²) in [7, 11) is 1.31. The summed E-state index contributed by atoms with van der Waals surface area (Å²) in [5, 5.41) is 0. The lowest BCUT2D eigenvalue weighted by molar-refractivity contribution is 0.305. The molecule has 0 aromatic heterocycles. The Kier molecular flexibility index (Phi) is 7.11. The fraction of sp³-hybridized carbons (Fsp3) is 0.0769. The quantitative estimate of drug-likeness (QED) is 0.309. The summed E-state index contributed by atoms with van der Waals surface area (Å²) in [6.45, 7) is 1.06. The van der Waals surface area contributed by atoms with Crippen molar-refractivity contribution in [3.05, 3.63) is 120 Å². The van der Waals surface area contributed by atoms with Crippen LogP contribution < -0.4 is 18.8 Å². The van der Waals surface area contributed by atoms with Gasteiger partial charge in [-0.25, -0.2) is 0 Å². The van der Waals surface area contributed by atoms with Crippen LogP contribution in [0.1, 0.15) is 11.1 Å². The second kappa shape index (κ2) is 10.8. The van der Waals surface area contributed by atoms with Gasteiger partial charge in [0.2, 0.25) is 0 Å². The van der Waals surface area contributed by atoms with Crippen molar-refractivity contribution in [3.63, 3.8) is 0 Å². The van der Waals surface area contributed by atoms with Crippen molar-refractivity contribution < 1.29 is 18.8 Å². The van der Waals surface area contributed by atoms with Crippen LogP contribution in [0.2, 0.25) is 0 Å². The van der Waals surface area contributed by atoms with Gasteiger partial charge >= 0.3 is 7.69 Å². The average molecular weight is 409 g/mol. The zero-order valence-corrected chi connectivity index (χ0v) is 17.0. The van der Waals surface area contributed by atoms with Crippen molar-refractivity contribution in [2.45, 2.75) is 13.2 Å². The van der Waals surface area contributed by atoms with E-state index < -0.39 is 0 Å². The van der Waals surface area contributed by atoms with Gasteiger partial charge in [-0.05, 0) is 59.7 Å². The first kappa shape index (κ1) is 20.4. The lowest BCUT2D eigenvalue weighted by atomic mass is 10.2. The van der Waals surface area contributed by atoms with Crippen molar-refractivity contribution in [1.82, 2.24) is 0 Å². The molecule has 4 rings (SSSR count). The van der Waals surface area contributed by atoms with E-state index in [-0.39, 0.29) is 0 Å². The zero-order valence-electron chi connectivity index (χ0n) is 17.0. The highest BCUT2D eigenvalue weighted by molar-refractivity contribution is 6.20. The number of rotatable bonds is 10. The molecule has 0 amide bonds. The maximum Gasteiger partial charge on any atom is 0.658 e. The van der Waals surface area contributed by atoms with Crippen LogP contribution in [0.5, 0.6) is 23.0 Å². The van der Waals surface area contributed by atoms with Gasteiger partial charge < -0.3 is 18.8 Å². The monoisotopic (exact) mass is 409 g/mol. The molecule has 0 fully saturated rings. The fourth-order valence-corrected chi connectivity index (χ4v) is 2.85. The van der Waals surface area contributed by atoms with E-state index in [1.807, 2.05) is 109 Å². The third-order valence-electron chi connectivity index (χ3n) is 4.51. The SMILES string of the molecule is [B](Oc1ccc(OCc2ccccc2)cc1)Oc1ccc(OCc2ccccc2)cc1. The lowest BCUT2D eigenvalue weighted by Gasteiger charge is -2.10. The van der Waals surface area contributed by atoms with Crippen LogP contribution in [-0.4, -0.2) is 7.69 Å². The van der Waals surface area contributed by atoms with Gasteiger partial charge in [-0.15, -0.1) is 0 Å². The van der Waals surface area contributed by atoms with Crippen molar-refractivity contribution in [2.24, 2.45) is 0 Å². The Hall–Kier alpha value is -3.86. The van der Waals surface area contributed by atoms with Crippen molar-refractivity contribution in [1.29, 1.82) is 0 Å². The number of benzene rings is 4. The first-order chi connectivity index (χ1) is 15.3. The summed E-state index contributed by atoms with van der Waals surface area (Å²) < 4.78 is 22.6. The molecule has 0 aliphatic heterocycles. The Balaban J connectivity index is 1.18. The standard InChI is InChI=1S/C26H22BO4/c1-3-7-21(8-4-1)19-28-23-11-15-25(16-12-23)30-27-31-26-17-13-24(14-18-26)29-20-22-9-5-2-6-10-22/h1-18H,19-20H2. The van der Waals surface area contributed by atoms with E-state index in [1.165, 1.54) is 7.69 Å². The minimum atomic E-state index is 0.529. The molecule has 0 saturated heterocycles. The highest BCUT2D eigenvalue weighted by Gasteiger charge is 2.04. The van der Waals surface area contributed by atoms with Gasteiger partial charge in [0.1, 0.15) is 36.2 Å². The summed E-state index contributed by atoms with van der Waals surface area (Å²) in [6.07, 6.45) is 0. The molecule has 4 aromatic rings. The van der Waals surface area contributed by atoms with Crippen molar-refractivity contribution in [2.75, 3.05) is 0 Å². The van der Waals surface area contributed by atoms with E-state index in [0.29, 0.717) is 24.7 Å². The number of hydrogen-bond donors (Lipinski definition) is 0. The zero-order chi connectivity index (χ0) is 21.1. The van der Waals surface area contributed by atoms with Crippen LogP contribution in [0.4, 0.5) is 0 Å². The molecule has 31 heavy (non-hydrogen) atoms. The third-order valence-corrected chi connectivity index (χ3v) is 4.51. The third kappa shape index (κ3) is 6.58. The Morgan fingerprint density at radius 2 is 0.774 bits per heavy atom. The normalized spacial score (nSPS) is 10.2. The highest BCUT2D eigenvalue weighted by Crippen LogP contribution is 2.20. The largest absolute Gasteiger partial charge is 0.658 e. The first-order valence-electron chi connectivity index (χ1n) is 10.0. The molecule has 4 aromatic carbocycles. The minimum absolute atomic E-state index is 0.529. The van der Waals surface area contributed by atoms with Gasteiger partial charge in [-0.3, -0.25) is 0 Å². The molecular formula is C26H22BO4. The molecule has 4 nitrogen and oxygen atoms in total. The summed E-state index contributed by atoms with van der Waals surface area (Å²) in [4.78, 5) is 0. The molecule has 1 radical (unpaired) electrons. The van der Waals surface area contributed by atoms with Crippen molar-refractivity contribution >= 4 is 7.69 Å². The van der Waals surface area contributed by atoms with E-state index in [0.717, 1.165) is 22.6 Å². The molecule has 5 heteroatoms. The Morgan fingerprint density at radius 3 is 1.16 bits per heavy atom. The van der Waals surface area contributed by atoms with E-state index in [9.17, 15) is 0 Å². The van der Waals surface area contributed by atoms with Crippen LogP contribution in [0, 0.1) is 0 Å². The van der Waals surface area contributed by atoms with Gasteiger partial charge in [-0.2, -0.15) is 0 Å². The molecule has 0 N–H and O–H groups in total. The van der Waals surface area contributed by atoms with Gasteiger partial charge in [0.05, 0.1) is 0 Å². The van der Waals surface area contributed by atoms with Gasteiger partial charge in [-0.1, -0.05) is 60.7 Å². The van der Waals surface area contributed by atoms with E-state index >= 15 is 0 Å². The predicted molar refractivity (Wildman–Crippen MR) is 121 cm³/mol. The topological polar surface area (TPSA) is 36.9 Å². The summed E-state index contributed by atoms with van der Waals surface area (Å²) in [5.41, 5.74) is 2.25. The smallest absolute Gasteiger partial charge is 0.526 e. The Morgan fingerprint density at radius 1 is 0.419 bits per heavy atom. The number of ether oxygens (including phenoxy) is 2. The van der Waals surface area contributed by atoms with E-state index in [4.69, 9.17) is 18.8 Å².